The molecular formula is C14H14N2+2. The third-order valence-corrected chi connectivity index (χ3v) is 2.91. The minimum absolute atomic E-state index is 0.949. The summed E-state index contributed by atoms with van der Waals surface area (Å²) in [6.07, 6.45) is 8.68. The minimum Gasteiger partial charge on any atom is -0.189 e. The number of nitrogens with zero attached hydrogens (tertiary/aromatic N) is 2. The van der Waals surface area contributed by atoms with Crippen LogP contribution in [0.5, 0.6) is 0 Å². The van der Waals surface area contributed by atoms with Gasteiger partial charge in [-0.05, 0) is 24.3 Å². The van der Waals surface area contributed by atoms with Crippen LogP contribution < -0.4 is 9.13 Å². The van der Waals surface area contributed by atoms with Gasteiger partial charge in [-0.2, -0.15) is 9.13 Å². The van der Waals surface area contributed by atoms with Crippen LogP contribution in [0.1, 0.15) is 0 Å². The van der Waals surface area contributed by atoms with Crippen molar-refractivity contribution in [3.63, 3.8) is 0 Å². The van der Waals surface area contributed by atoms with E-state index in [1.165, 1.54) is 11.4 Å². The van der Waals surface area contributed by atoms with Crippen molar-refractivity contribution in [1.29, 1.82) is 0 Å². The molecule has 0 amide bonds. The van der Waals surface area contributed by atoms with Crippen LogP contribution >= 0.6 is 0 Å². The zero-order chi connectivity index (χ0) is 10.8. The molecular weight excluding hydrogens is 196 g/mol. The molecule has 3 heterocycles. The smallest absolute Gasteiger partial charge is 0.189 e. The van der Waals surface area contributed by atoms with E-state index in [1.54, 1.807) is 0 Å². The second-order valence-corrected chi connectivity index (χ2v) is 3.95. The summed E-state index contributed by atoms with van der Waals surface area (Å²) in [6.45, 7) is 1.90. The molecule has 3 rings (SSSR count). The lowest BCUT2D eigenvalue weighted by molar-refractivity contribution is -0.709. The average molecular weight is 210 g/mol. The molecule has 0 radical (unpaired) electrons. The van der Waals surface area contributed by atoms with E-state index in [0.29, 0.717) is 0 Å². The number of pyridine rings is 2. The number of hydrogen-bond donors (Lipinski definition) is 0. The summed E-state index contributed by atoms with van der Waals surface area (Å²) in [5, 5.41) is 0. The molecule has 0 atom stereocenters. The van der Waals surface area contributed by atoms with E-state index in [1.807, 2.05) is 0 Å². The predicted molar refractivity (Wildman–Crippen MR) is 61.4 cm³/mol. The van der Waals surface area contributed by atoms with Crippen LogP contribution in [0.25, 0.3) is 11.4 Å². The van der Waals surface area contributed by atoms with Gasteiger partial charge in [0.15, 0.2) is 25.5 Å². The van der Waals surface area contributed by atoms with Crippen molar-refractivity contribution >= 4 is 0 Å². The van der Waals surface area contributed by atoms with E-state index in [-0.39, 0.29) is 0 Å². The summed E-state index contributed by atoms with van der Waals surface area (Å²) in [7, 11) is 0. The van der Waals surface area contributed by atoms with Gasteiger partial charge in [0.1, 0.15) is 0 Å². The Hall–Kier alpha value is -1.96. The Kier molecular flexibility index (Phi) is 2.26. The fourth-order valence-electron chi connectivity index (χ4n) is 2.11. The summed E-state index contributed by atoms with van der Waals surface area (Å²) < 4.78 is 4.53. The molecule has 0 aromatic carbocycles. The first-order valence-electron chi connectivity index (χ1n) is 5.57. The standard InChI is InChI=1S/C14H14N2/c1-3-9-15-11-5-6-12-16-10-4-2-8-14(16)13(15)7-1/h1-10H,11-12H2/q+2. The molecule has 0 unspecified atom stereocenters. The predicted octanol–water partition coefficient (Wildman–Crippen LogP) is 1.50. The molecule has 0 aliphatic carbocycles. The molecule has 0 saturated carbocycles. The van der Waals surface area contributed by atoms with E-state index >= 15 is 0 Å². The number of fused-ring (bicyclic) bond motifs is 3. The van der Waals surface area contributed by atoms with Gasteiger partial charge in [0, 0.05) is 24.3 Å². The number of aromatic nitrogens is 2. The molecule has 0 spiro atoms. The van der Waals surface area contributed by atoms with Gasteiger partial charge >= 0.3 is 0 Å². The molecule has 0 bridgehead atoms. The number of rotatable bonds is 0. The molecule has 0 N–H and O–H groups in total. The Morgan fingerprint density at radius 1 is 0.688 bits per heavy atom. The SMILES string of the molecule is C1=CC[n+]2ccccc2-c2cccc[n+]2C1. The first-order chi connectivity index (χ1) is 7.95. The molecule has 78 valence electrons. The van der Waals surface area contributed by atoms with Crippen LogP contribution in [0.2, 0.25) is 0 Å². The molecule has 0 saturated heterocycles. The van der Waals surface area contributed by atoms with E-state index in [4.69, 9.17) is 0 Å². The van der Waals surface area contributed by atoms with Crippen LogP contribution in [0, 0.1) is 0 Å². The lowest BCUT2D eigenvalue weighted by atomic mass is 10.2. The highest BCUT2D eigenvalue weighted by Crippen LogP contribution is 2.10. The fourth-order valence-corrected chi connectivity index (χ4v) is 2.11. The molecule has 2 nitrogen and oxygen atoms in total. The van der Waals surface area contributed by atoms with E-state index in [9.17, 15) is 0 Å². The van der Waals surface area contributed by atoms with Crippen LogP contribution in [0.3, 0.4) is 0 Å². The van der Waals surface area contributed by atoms with Crippen molar-refractivity contribution in [2.24, 2.45) is 0 Å². The second kappa shape index (κ2) is 3.89. The lowest BCUT2D eigenvalue weighted by Crippen LogP contribution is -2.43. The second-order valence-electron chi connectivity index (χ2n) is 3.95. The van der Waals surface area contributed by atoms with Gasteiger partial charge in [-0.1, -0.05) is 0 Å². The van der Waals surface area contributed by atoms with Crippen LogP contribution in [0.15, 0.2) is 60.9 Å². The van der Waals surface area contributed by atoms with Crippen molar-refractivity contribution in [2.75, 3.05) is 0 Å². The highest BCUT2D eigenvalue weighted by Gasteiger charge is 2.21. The molecule has 0 fully saturated rings. The first kappa shape index (κ1) is 9.28. The van der Waals surface area contributed by atoms with Crippen molar-refractivity contribution < 1.29 is 9.13 Å². The van der Waals surface area contributed by atoms with Gasteiger partial charge in [-0.15, -0.1) is 0 Å². The normalized spacial score (nSPS) is 13.5. The maximum Gasteiger partial charge on any atom is 0.277 e. The topological polar surface area (TPSA) is 7.76 Å². The monoisotopic (exact) mass is 210 g/mol. The van der Waals surface area contributed by atoms with E-state index in [0.717, 1.165) is 13.1 Å². The maximum atomic E-state index is 2.27. The van der Waals surface area contributed by atoms with Crippen molar-refractivity contribution in [2.45, 2.75) is 13.1 Å². The van der Waals surface area contributed by atoms with Crippen molar-refractivity contribution in [1.82, 2.24) is 0 Å². The molecule has 2 aromatic rings. The third kappa shape index (κ3) is 1.52. The van der Waals surface area contributed by atoms with Gasteiger partial charge in [0.25, 0.3) is 11.4 Å². The van der Waals surface area contributed by atoms with Crippen LogP contribution in [-0.4, -0.2) is 0 Å². The zero-order valence-electron chi connectivity index (χ0n) is 9.08. The third-order valence-electron chi connectivity index (χ3n) is 2.91. The van der Waals surface area contributed by atoms with Crippen LogP contribution in [-0.2, 0) is 13.1 Å². The van der Waals surface area contributed by atoms with Gasteiger partial charge in [0.05, 0.1) is 0 Å². The number of hydrogen-bond acceptors (Lipinski definition) is 0. The Balaban J connectivity index is 2.27. The van der Waals surface area contributed by atoms with Gasteiger partial charge in [0.2, 0.25) is 0 Å². The van der Waals surface area contributed by atoms with E-state index < -0.39 is 0 Å². The van der Waals surface area contributed by atoms with Gasteiger partial charge < -0.3 is 0 Å². The van der Waals surface area contributed by atoms with Gasteiger partial charge in [-0.3, -0.25) is 0 Å². The minimum atomic E-state index is 0.949. The summed E-state index contributed by atoms with van der Waals surface area (Å²) >= 11 is 0. The summed E-state index contributed by atoms with van der Waals surface area (Å²) in [5.74, 6) is 0. The molecule has 16 heavy (non-hydrogen) atoms. The fraction of sp³-hybridized carbons (Fsp3) is 0.143. The summed E-state index contributed by atoms with van der Waals surface area (Å²) in [5.41, 5.74) is 2.54. The highest BCUT2D eigenvalue weighted by molar-refractivity contribution is 5.45. The molecule has 2 heteroatoms. The quantitative estimate of drug-likeness (QED) is 0.460. The molecule has 1 aliphatic heterocycles. The summed E-state index contributed by atoms with van der Waals surface area (Å²) in [6, 6.07) is 12.7. The Bertz CT molecular complexity index is 494. The first-order valence-corrected chi connectivity index (χ1v) is 5.57. The number of allylic oxidation sites excluding steroid dienone is 2. The lowest BCUT2D eigenvalue weighted by Gasteiger charge is -2.04. The van der Waals surface area contributed by atoms with Gasteiger partial charge in [-0.25, -0.2) is 0 Å². The summed E-state index contributed by atoms with van der Waals surface area (Å²) in [4.78, 5) is 0. The molecule has 1 aliphatic rings. The molecule has 2 aromatic heterocycles. The van der Waals surface area contributed by atoms with Crippen molar-refractivity contribution in [3.05, 3.63) is 60.9 Å². The largest absolute Gasteiger partial charge is 0.277 e. The van der Waals surface area contributed by atoms with E-state index in [2.05, 4.69) is 70.1 Å². The zero-order valence-corrected chi connectivity index (χ0v) is 9.08. The average Bonchev–Trinajstić information content (AvgIpc) is 2.33. The van der Waals surface area contributed by atoms with Crippen molar-refractivity contribution in [3.8, 4) is 11.4 Å². The Morgan fingerprint density at radius 3 is 1.69 bits per heavy atom. The highest BCUT2D eigenvalue weighted by atomic mass is 15.0. The maximum absolute atomic E-state index is 2.27. The van der Waals surface area contributed by atoms with Crippen LogP contribution in [0.4, 0.5) is 0 Å². The Labute approximate surface area is 95.1 Å². The Morgan fingerprint density at radius 2 is 1.19 bits per heavy atom.